The topological polar surface area (TPSA) is 105 Å². The smallest absolute Gasteiger partial charge is 0.345 e. The minimum Gasteiger partial charge on any atom is -0.465 e. The van der Waals surface area contributed by atoms with Crippen molar-refractivity contribution in [3.8, 4) is 0 Å². The van der Waals surface area contributed by atoms with E-state index < -0.39 is 29.3 Å². The molecule has 0 radical (unpaired) electrons. The van der Waals surface area contributed by atoms with Crippen molar-refractivity contribution in [1.82, 2.24) is 0 Å². The van der Waals surface area contributed by atoms with Crippen molar-refractivity contribution < 1.29 is 38.1 Å². The highest BCUT2D eigenvalue weighted by Crippen LogP contribution is 2.60. The molecular weight excluding hydrogens is 500 g/mol. The van der Waals surface area contributed by atoms with Crippen LogP contribution in [0, 0.1) is 19.3 Å². The third-order valence-corrected chi connectivity index (χ3v) is 6.10. The molecule has 210 valence electrons. The van der Waals surface area contributed by atoms with E-state index in [0.717, 1.165) is 22.3 Å². The highest BCUT2D eigenvalue weighted by atomic mass is 16.6. The molecule has 0 aromatic heterocycles. The van der Waals surface area contributed by atoms with E-state index in [9.17, 15) is 19.2 Å². The number of rotatable bonds is 10. The van der Waals surface area contributed by atoms with Crippen molar-refractivity contribution in [2.45, 2.75) is 53.9 Å². The number of benzene rings is 2. The lowest BCUT2D eigenvalue weighted by Crippen LogP contribution is -2.31. The maximum atomic E-state index is 12.2. The molecule has 1 aliphatic carbocycles. The van der Waals surface area contributed by atoms with Crippen LogP contribution in [0.4, 0.5) is 0 Å². The summed E-state index contributed by atoms with van der Waals surface area (Å²) in [6.07, 6.45) is 1.95. The van der Waals surface area contributed by atoms with E-state index in [2.05, 4.69) is 0 Å². The van der Waals surface area contributed by atoms with Crippen LogP contribution in [-0.2, 0) is 38.1 Å². The minimum atomic E-state index is -1.14. The summed E-state index contributed by atoms with van der Waals surface area (Å²) in [5, 5.41) is 0. The fourth-order valence-corrected chi connectivity index (χ4v) is 3.97. The van der Waals surface area contributed by atoms with Crippen LogP contribution in [-0.4, -0.2) is 50.3 Å². The van der Waals surface area contributed by atoms with Crippen molar-refractivity contribution in [3.63, 3.8) is 0 Å². The number of hydrogen-bond donors (Lipinski definition) is 0. The first-order valence-corrected chi connectivity index (χ1v) is 13.2. The lowest BCUT2D eigenvalue weighted by molar-refractivity contribution is -0.164. The second kappa shape index (κ2) is 14.9. The van der Waals surface area contributed by atoms with E-state index in [1.54, 1.807) is 27.7 Å². The predicted molar refractivity (Wildman–Crippen MR) is 147 cm³/mol. The molecule has 1 fully saturated rings. The zero-order valence-electron chi connectivity index (χ0n) is 23.6. The Balaban J connectivity index is 0.000000274. The summed E-state index contributed by atoms with van der Waals surface area (Å²) in [6.45, 7) is 11.8. The number of hydrogen-bond acceptors (Lipinski definition) is 8. The molecule has 8 heteroatoms. The van der Waals surface area contributed by atoms with Crippen molar-refractivity contribution in [3.05, 3.63) is 76.4 Å². The third kappa shape index (κ3) is 8.27. The van der Waals surface area contributed by atoms with Gasteiger partial charge in [-0.2, -0.15) is 0 Å². The van der Waals surface area contributed by atoms with Gasteiger partial charge in [0.1, 0.15) is 5.57 Å². The van der Waals surface area contributed by atoms with Gasteiger partial charge in [-0.15, -0.1) is 0 Å². The Morgan fingerprint density at radius 2 is 1.10 bits per heavy atom. The van der Waals surface area contributed by atoms with Gasteiger partial charge >= 0.3 is 23.9 Å². The molecule has 0 bridgehead atoms. The Kier molecular flexibility index (Phi) is 11.9. The lowest BCUT2D eigenvalue weighted by Gasteiger charge is -2.14. The van der Waals surface area contributed by atoms with Crippen molar-refractivity contribution >= 4 is 30.0 Å². The van der Waals surface area contributed by atoms with Crippen LogP contribution < -0.4 is 0 Å². The molecule has 0 saturated heterocycles. The summed E-state index contributed by atoms with van der Waals surface area (Å²) in [7, 11) is 0. The average Bonchev–Trinajstić information content (AvgIpc) is 3.67. The second-order valence-electron chi connectivity index (χ2n) is 8.99. The van der Waals surface area contributed by atoms with Crippen molar-refractivity contribution in [2.24, 2.45) is 5.41 Å². The van der Waals surface area contributed by atoms with Crippen LogP contribution in [0.2, 0.25) is 0 Å². The van der Waals surface area contributed by atoms with Gasteiger partial charge < -0.3 is 18.9 Å². The average molecular weight is 539 g/mol. The third-order valence-electron chi connectivity index (χ3n) is 6.10. The normalized spacial score (nSPS) is 14.6. The first kappa shape index (κ1) is 31.3. The summed E-state index contributed by atoms with van der Waals surface area (Å²) in [6, 6.07) is 15.3. The van der Waals surface area contributed by atoms with Crippen LogP contribution in [0.1, 0.15) is 62.3 Å². The SMILES string of the molecule is CCOC(=O)C(=Cc1ccc(C)cc1)C(=O)OCC.CCOC(=O)C1(C(=O)OCC)CC1c1ccc(C)cc1. The van der Waals surface area contributed by atoms with Gasteiger partial charge in [0.15, 0.2) is 5.41 Å². The van der Waals surface area contributed by atoms with E-state index in [0.29, 0.717) is 6.42 Å². The zero-order chi connectivity index (χ0) is 29.0. The number of esters is 4. The predicted octanol–water partition coefficient (Wildman–Crippen LogP) is 5.10. The van der Waals surface area contributed by atoms with Crippen LogP contribution in [0.5, 0.6) is 0 Å². The lowest BCUT2D eigenvalue weighted by atomic mass is 9.98. The molecule has 2 aromatic rings. The molecule has 39 heavy (non-hydrogen) atoms. The molecule has 1 unspecified atom stereocenters. The van der Waals surface area contributed by atoms with Gasteiger partial charge in [-0.3, -0.25) is 9.59 Å². The van der Waals surface area contributed by atoms with Gasteiger partial charge in [-0.25, -0.2) is 9.59 Å². The molecule has 2 aromatic carbocycles. The van der Waals surface area contributed by atoms with E-state index in [-0.39, 0.29) is 37.9 Å². The molecule has 8 nitrogen and oxygen atoms in total. The summed E-state index contributed by atoms with van der Waals surface area (Å²) >= 11 is 0. The summed E-state index contributed by atoms with van der Waals surface area (Å²) in [5.74, 6) is -2.41. The Labute approximate surface area is 230 Å². The summed E-state index contributed by atoms with van der Waals surface area (Å²) in [4.78, 5) is 47.8. The maximum Gasteiger partial charge on any atom is 0.345 e. The molecule has 0 N–H and O–H groups in total. The van der Waals surface area contributed by atoms with Gasteiger partial charge in [-0.05, 0) is 65.2 Å². The maximum absolute atomic E-state index is 12.2. The molecular formula is C31H38O8. The first-order valence-electron chi connectivity index (χ1n) is 13.2. The number of carbonyl (C=O) groups excluding carboxylic acids is 4. The van der Waals surface area contributed by atoms with E-state index >= 15 is 0 Å². The summed E-state index contributed by atoms with van der Waals surface area (Å²) < 4.78 is 19.9. The zero-order valence-corrected chi connectivity index (χ0v) is 23.6. The number of ether oxygens (including phenoxy) is 4. The second-order valence-corrected chi connectivity index (χ2v) is 8.99. The highest BCUT2D eigenvalue weighted by Gasteiger charge is 2.68. The Bertz CT molecular complexity index is 1120. The van der Waals surface area contributed by atoms with Gasteiger partial charge in [0, 0.05) is 5.92 Å². The van der Waals surface area contributed by atoms with Gasteiger partial charge in [0.2, 0.25) is 0 Å². The Morgan fingerprint density at radius 1 is 0.692 bits per heavy atom. The highest BCUT2D eigenvalue weighted by molar-refractivity contribution is 6.17. The van der Waals surface area contributed by atoms with E-state index in [4.69, 9.17) is 18.9 Å². The number of carbonyl (C=O) groups is 4. The molecule has 0 amide bonds. The minimum absolute atomic E-state index is 0.0902. The molecule has 1 saturated carbocycles. The quantitative estimate of drug-likeness (QED) is 0.135. The molecule has 1 aliphatic rings. The van der Waals surface area contributed by atoms with Gasteiger partial charge in [0.05, 0.1) is 26.4 Å². The first-order chi connectivity index (χ1) is 18.6. The molecule has 3 rings (SSSR count). The summed E-state index contributed by atoms with van der Waals surface area (Å²) in [5.41, 5.74) is 2.76. The van der Waals surface area contributed by atoms with Crippen molar-refractivity contribution in [2.75, 3.05) is 26.4 Å². The number of aryl methyl sites for hydroxylation is 2. The van der Waals surface area contributed by atoms with Gasteiger partial charge in [0.25, 0.3) is 0 Å². The van der Waals surface area contributed by atoms with Crippen LogP contribution in [0.15, 0.2) is 54.1 Å². The monoisotopic (exact) mass is 538 g/mol. The molecule has 0 aliphatic heterocycles. The van der Waals surface area contributed by atoms with Gasteiger partial charge in [-0.1, -0.05) is 59.7 Å². The fourth-order valence-electron chi connectivity index (χ4n) is 3.97. The Hall–Kier alpha value is -3.94. The largest absolute Gasteiger partial charge is 0.465 e. The van der Waals surface area contributed by atoms with E-state index in [1.165, 1.54) is 6.08 Å². The van der Waals surface area contributed by atoms with Crippen LogP contribution in [0.3, 0.4) is 0 Å². The molecule has 1 atom stereocenters. The van der Waals surface area contributed by atoms with Crippen LogP contribution in [0.25, 0.3) is 6.08 Å². The van der Waals surface area contributed by atoms with E-state index in [1.807, 2.05) is 62.4 Å². The standard InChI is InChI=1S/C16H20O4.C15H18O4/c1-4-19-14(17)16(15(18)20-5-2)10-13(16)12-8-6-11(3)7-9-12;1-4-18-14(16)13(15(17)19-5-2)10-12-8-6-11(3)7-9-12/h6-9,13H,4-5,10H2,1-3H3;6-10H,4-5H2,1-3H3. The van der Waals surface area contributed by atoms with Crippen molar-refractivity contribution in [1.29, 1.82) is 0 Å². The Morgan fingerprint density at radius 3 is 1.51 bits per heavy atom. The fraction of sp³-hybridized carbons (Fsp3) is 0.419. The molecule has 0 spiro atoms. The molecule has 0 heterocycles. The van der Waals surface area contributed by atoms with Crippen LogP contribution >= 0.6 is 0 Å².